The molecule has 6 heteroatoms. The van der Waals surface area contributed by atoms with Gasteiger partial charge in [-0.15, -0.1) is 0 Å². The van der Waals surface area contributed by atoms with Gasteiger partial charge in [0, 0.05) is 26.4 Å². The first-order valence-electron chi connectivity index (χ1n) is 4.68. The SMILES string of the molecule is CN(C)c1ncnc2c1ncn2CCS. The smallest absolute Gasteiger partial charge is 0.165 e. The van der Waals surface area contributed by atoms with Gasteiger partial charge in [0.1, 0.15) is 6.33 Å². The highest BCUT2D eigenvalue weighted by atomic mass is 32.1. The summed E-state index contributed by atoms with van der Waals surface area (Å²) in [5, 5.41) is 0. The van der Waals surface area contributed by atoms with Crippen LogP contribution in [-0.2, 0) is 6.54 Å². The average molecular weight is 223 g/mol. The highest BCUT2D eigenvalue weighted by Gasteiger charge is 2.10. The Labute approximate surface area is 93.6 Å². The minimum absolute atomic E-state index is 0.771. The summed E-state index contributed by atoms with van der Waals surface area (Å²) in [6.07, 6.45) is 3.34. The first-order chi connectivity index (χ1) is 7.24. The molecule has 0 aliphatic rings. The molecule has 0 bridgehead atoms. The third-order valence-corrected chi connectivity index (χ3v) is 2.35. The zero-order valence-corrected chi connectivity index (χ0v) is 9.65. The van der Waals surface area contributed by atoms with Gasteiger partial charge < -0.3 is 9.47 Å². The van der Waals surface area contributed by atoms with E-state index in [1.807, 2.05) is 23.6 Å². The zero-order chi connectivity index (χ0) is 10.8. The van der Waals surface area contributed by atoms with Gasteiger partial charge in [0.25, 0.3) is 0 Å². The van der Waals surface area contributed by atoms with Gasteiger partial charge in [-0.3, -0.25) is 0 Å². The van der Waals surface area contributed by atoms with Crippen molar-refractivity contribution in [2.24, 2.45) is 0 Å². The van der Waals surface area contributed by atoms with Gasteiger partial charge in [-0.2, -0.15) is 12.6 Å². The Bertz CT molecular complexity index is 464. The lowest BCUT2D eigenvalue weighted by Gasteiger charge is -2.10. The first kappa shape index (κ1) is 10.2. The van der Waals surface area contributed by atoms with Crippen LogP contribution in [0, 0.1) is 0 Å². The third kappa shape index (κ3) is 1.77. The van der Waals surface area contributed by atoms with Crippen molar-refractivity contribution in [3.05, 3.63) is 12.7 Å². The standard InChI is InChI=1S/C9H13N5S/c1-13(2)8-7-9(11-5-10-8)14(3-4-15)6-12-7/h5-6,15H,3-4H2,1-2H3. The molecule has 0 saturated heterocycles. The Morgan fingerprint density at radius 1 is 1.33 bits per heavy atom. The fourth-order valence-electron chi connectivity index (χ4n) is 1.47. The summed E-state index contributed by atoms with van der Waals surface area (Å²) < 4.78 is 1.98. The van der Waals surface area contributed by atoms with Crippen molar-refractivity contribution in [1.82, 2.24) is 19.5 Å². The van der Waals surface area contributed by atoms with E-state index in [0.29, 0.717) is 0 Å². The number of anilines is 1. The molecule has 2 heterocycles. The minimum atomic E-state index is 0.771. The molecule has 2 aromatic heterocycles. The van der Waals surface area contributed by atoms with Gasteiger partial charge in [0.05, 0.1) is 6.33 Å². The van der Waals surface area contributed by atoms with Crippen molar-refractivity contribution in [2.45, 2.75) is 6.54 Å². The van der Waals surface area contributed by atoms with Crippen molar-refractivity contribution in [3.8, 4) is 0 Å². The second-order valence-electron chi connectivity index (χ2n) is 3.43. The summed E-state index contributed by atoms with van der Waals surface area (Å²) in [6, 6.07) is 0. The number of aromatic nitrogens is 4. The van der Waals surface area contributed by atoms with Crippen molar-refractivity contribution in [3.63, 3.8) is 0 Å². The molecule has 0 unspecified atom stereocenters. The molecular formula is C9H13N5S. The Kier molecular flexibility index (Phi) is 2.77. The molecule has 0 saturated carbocycles. The van der Waals surface area contributed by atoms with Crippen LogP contribution < -0.4 is 4.90 Å². The number of rotatable bonds is 3. The van der Waals surface area contributed by atoms with Crippen molar-refractivity contribution in [2.75, 3.05) is 24.7 Å². The summed E-state index contributed by atoms with van der Waals surface area (Å²) in [6.45, 7) is 0.809. The molecule has 0 spiro atoms. The Morgan fingerprint density at radius 3 is 2.80 bits per heavy atom. The molecule has 0 amide bonds. The van der Waals surface area contributed by atoms with E-state index >= 15 is 0 Å². The van der Waals surface area contributed by atoms with Gasteiger partial charge >= 0.3 is 0 Å². The van der Waals surface area contributed by atoms with Crippen LogP contribution in [0.4, 0.5) is 5.82 Å². The summed E-state index contributed by atoms with van der Waals surface area (Å²) in [7, 11) is 3.89. The molecule has 2 aromatic rings. The second kappa shape index (κ2) is 4.06. The number of thiol groups is 1. The molecule has 0 fully saturated rings. The fraction of sp³-hybridized carbons (Fsp3) is 0.444. The van der Waals surface area contributed by atoms with Gasteiger partial charge in [-0.1, -0.05) is 0 Å². The van der Waals surface area contributed by atoms with Crippen LogP contribution in [0.5, 0.6) is 0 Å². The highest BCUT2D eigenvalue weighted by molar-refractivity contribution is 7.80. The van der Waals surface area contributed by atoms with Crippen molar-refractivity contribution < 1.29 is 0 Å². The van der Waals surface area contributed by atoms with Gasteiger partial charge in [0.15, 0.2) is 17.0 Å². The zero-order valence-electron chi connectivity index (χ0n) is 8.75. The number of fused-ring (bicyclic) bond motifs is 1. The van der Waals surface area contributed by atoms with E-state index in [1.165, 1.54) is 0 Å². The lowest BCUT2D eigenvalue weighted by Crippen LogP contribution is -2.11. The topological polar surface area (TPSA) is 46.8 Å². The van der Waals surface area contributed by atoms with Gasteiger partial charge in [0.2, 0.25) is 0 Å². The van der Waals surface area contributed by atoms with Gasteiger partial charge in [-0.05, 0) is 0 Å². The second-order valence-corrected chi connectivity index (χ2v) is 3.87. The number of hydrogen-bond donors (Lipinski definition) is 1. The maximum atomic E-state index is 4.32. The third-order valence-electron chi connectivity index (χ3n) is 2.15. The van der Waals surface area contributed by atoms with Crippen molar-refractivity contribution >= 4 is 29.6 Å². The van der Waals surface area contributed by atoms with E-state index in [9.17, 15) is 0 Å². The Balaban J connectivity index is 2.58. The molecule has 15 heavy (non-hydrogen) atoms. The quantitative estimate of drug-likeness (QED) is 0.783. The predicted molar refractivity (Wildman–Crippen MR) is 63.5 cm³/mol. The van der Waals surface area contributed by atoms with Crippen LogP contribution in [0.25, 0.3) is 11.2 Å². The molecule has 0 aromatic carbocycles. The van der Waals surface area contributed by atoms with Crippen LogP contribution in [-0.4, -0.2) is 39.4 Å². The van der Waals surface area contributed by atoms with Crippen LogP contribution in [0.1, 0.15) is 0 Å². The predicted octanol–water partition coefficient (Wildman–Crippen LogP) is 0.822. The maximum absolute atomic E-state index is 4.32. The lowest BCUT2D eigenvalue weighted by molar-refractivity contribution is 0.788. The molecule has 0 radical (unpaired) electrons. The van der Waals surface area contributed by atoms with E-state index in [-0.39, 0.29) is 0 Å². The van der Waals surface area contributed by atoms with E-state index in [0.717, 1.165) is 29.3 Å². The van der Waals surface area contributed by atoms with E-state index in [1.54, 1.807) is 12.7 Å². The van der Waals surface area contributed by atoms with Crippen LogP contribution in [0.15, 0.2) is 12.7 Å². The van der Waals surface area contributed by atoms with Crippen molar-refractivity contribution in [1.29, 1.82) is 0 Å². The molecule has 5 nitrogen and oxygen atoms in total. The lowest BCUT2D eigenvalue weighted by atomic mass is 10.4. The molecule has 0 aliphatic carbocycles. The van der Waals surface area contributed by atoms with E-state index < -0.39 is 0 Å². The number of imidazole rings is 1. The summed E-state index contributed by atoms with van der Waals surface area (Å²) in [5.41, 5.74) is 1.70. The van der Waals surface area contributed by atoms with E-state index in [2.05, 4.69) is 27.6 Å². The Hall–Kier alpha value is -1.30. The van der Waals surface area contributed by atoms with Crippen LogP contribution >= 0.6 is 12.6 Å². The first-order valence-corrected chi connectivity index (χ1v) is 5.31. The Morgan fingerprint density at radius 2 is 2.13 bits per heavy atom. The molecule has 80 valence electrons. The maximum Gasteiger partial charge on any atom is 0.165 e. The van der Waals surface area contributed by atoms with Crippen LogP contribution in [0.3, 0.4) is 0 Å². The molecule has 0 aliphatic heterocycles. The van der Waals surface area contributed by atoms with Gasteiger partial charge in [-0.25, -0.2) is 15.0 Å². The average Bonchev–Trinajstić information content (AvgIpc) is 2.62. The summed E-state index contributed by atoms with van der Waals surface area (Å²) in [4.78, 5) is 14.7. The number of hydrogen-bond acceptors (Lipinski definition) is 5. The molecular weight excluding hydrogens is 210 g/mol. The molecule has 0 atom stereocenters. The fourth-order valence-corrected chi connectivity index (χ4v) is 1.68. The number of nitrogens with zero attached hydrogens (tertiary/aromatic N) is 5. The highest BCUT2D eigenvalue weighted by Crippen LogP contribution is 2.18. The normalized spacial score (nSPS) is 10.9. The van der Waals surface area contributed by atoms with E-state index in [4.69, 9.17) is 0 Å². The number of aryl methyl sites for hydroxylation is 1. The van der Waals surface area contributed by atoms with Crippen LogP contribution in [0.2, 0.25) is 0 Å². The monoisotopic (exact) mass is 223 g/mol. The summed E-state index contributed by atoms with van der Waals surface area (Å²) >= 11 is 4.20. The summed E-state index contributed by atoms with van der Waals surface area (Å²) in [5.74, 6) is 1.62. The molecule has 2 rings (SSSR count). The largest absolute Gasteiger partial charge is 0.361 e. The molecule has 0 N–H and O–H groups in total. The minimum Gasteiger partial charge on any atom is -0.361 e.